The van der Waals surface area contributed by atoms with Gasteiger partial charge in [0.1, 0.15) is 5.78 Å². The zero-order valence-electron chi connectivity index (χ0n) is 9.08. The maximum atomic E-state index is 11.7. The highest BCUT2D eigenvalue weighted by atomic mass is 16.1. The number of ketones is 1. The average molecular weight is 201 g/mol. The molecule has 0 aliphatic heterocycles. The molecule has 0 saturated heterocycles. The topological polar surface area (TPSA) is 32.9 Å². The van der Waals surface area contributed by atoms with E-state index < -0.39 is 0 Å². The van der Waals surface area contributed by atoms with Gasteiger partial charge < -0.3 is 4.98 Å². The predicted octanol–water partition coefficient (Wildman–Crippen LogP) is 2.94. The number of carbonyl (C=O) groups excluding carboxylic acids is 1. The lowest BCUT2D eigenvalue weighted by Gasteiger charge is -2.05. The summed E-state index contributed by atoms with van der Waals surface area (Å²) in [4.78, 5) is 14.8. The molecule has 0 radical (unpaired) electrons. The minimum atomic E-state index is 0.110. The molecule has 2 aromatic rings. The lowest BCUT2D eigenvalue weighted by atomic mass is 9.99. The van der Waals surface area contributed by atoms with Crippen molar-refractivity contribution < 1.29 is 4.79 Å². The fourth-order valence-corrected chi connectivity index (χ4v) is 1.70. The first-order valence-corrected chi connectivity index (χ1v) is 5.26. The van der Waals surface area contributed by atoms with E-state index in [-0.39, 0.29) is 5.92 Å². The van der Waals surface area contributed by atoms with E-state index in [1.165, 1.54) is 0 Å². The van der Waals surface area contributed by atoms with Crippen LogP contribution < -0.4 is 0 Å². The third-order valence-corrected chi connectivity index (χ3v) is 2.69. The smallest absolute Gasteiger partial charge is 0.139 e. The number of hydrogen-bond acceptors (Lipinski definition) is 1. The van der Waals surface area contributed by atoms with Crippen molar-refractivity contribution in [1.82, 2.24) is 4.98 Å². The highest BCUT2D eigenvalue weighted by Crippen LogP contribution is 2.18. The van der Waals surface area contributed by atoms with Gasteiger partial charge in [-0.3, -0.25) is 4.79 Å². The first-order valence-electron chi connectivity index (χ1n) is 5.26. The van der Waals surface area contributed by atoms with E-state index >= 15 is 0 Å². The minimum absolute atomic E-state index is 0.110. The van der Waals surface area contributed by atoms with E-state index in [2.05, 4.69) is 4.98 Å². The summed E-state index contributed by atoms with van der Waals surface area (Å²) >= 11 is 0. The van der Waals surface area contributed by atoms with Crippen LogP contribution in [0.3, 0.4) is 0 Å². The van der Waals surface area contributed by atoms with Crippen molar-refractivity contribution in [2.24, 2.45) is 5.92 Å². The normalized spacial score (nSPS) is 11.1. The Kier molecular flexibility index (Phi) is 2.58. The van der Waals surface area contributed by atoms with Gasteiger partial charge in [0.25, 0.3) is 0 Å². The Balaban J connectivity index is 2.35. The SMILES string of the molecule is CC(C)C(=O)Cc1cccc2[nH]ccc12. The Morgan fingerprint density at radius 3 is 2.87 bits per heavy atom. The molecular weight excluding hydrogens is 186 g/mol. The van der Waals surface area contributed by atoms with Crippen molar-refractivity contribution in [2.75, 3.05) is 0 Å². The van der Waals surface area contributed by atoms with Crippen molar-refractivity contribution in [3.05, 3.63) is 36.0 Å². The van der Waals surface area contributed by atoms with Crippen LogP contribution in [0.5, 0.6) is 0 Å². The standard InChI is InChI=1S/C13H15NO/c1-9(2)13(15)8-10-4-3-5-12-11(10)6-7-14-12/h3-7,9,14H,8H2,1-2H3. The van der Waals surface area contributed by atoms with Gasteiger partial charge in [0.2, 0.25) is 0 Å². The Bertz CT molecular complexity index is 482. The Morgan fingerprint density at radius 1 is 1.33 bits per heavy atom. The monoisotopic (exact) mass is 201 g/mol. The molecule has 0 amide bonds. The Morgan fingerprint density at radius 2 is 2.13 bits per heavy atom. The molecule has 2 nitrogen and oxygen atoms in total. The number of Topliss-reactive ketones (excluding diaryl/α,β-unsaturated/α-hetero) is 1. The van der Waals surface area contributed by atoms with Crippen LogP contribution in [0.25, 0.3) is 10.9 Å². The first-order chi connectivity index (χ1) is 7.18. The van der Waals surface area contributed by atoms with Crippen LogP contribution >= 0.6 is 0 Å². The van der Waals surface area contributed by atoms with Crippen molar-refractivity contribution in [3.63, 3.8) is 0 Å². The van der Waals surface area contributed by atoms with Crippen LogP contribution in [-0.4, -0.2) is 10.8 Å². The molecule has 2 heteroatoms. The van der Waals surface area contributed by atoms with Gasteiger partial charge in [0.15, 0.2) is 0 Å². The van der Waals surface area contributed by atoms with Crippen LogP contribution in [0.1, 0.15) is 19.4 Å². The fraction of sp³-hybridized carbons (Fsp3) is 0.308. The number of rotatable bonds is 3. The van der Waals surface area contributed by atoms with Crippen LogP contribution in [-0.2, 0) is 11.2 Å². The van der Waals surface area contributed by atoms with E-state index in [1.807, 2.05) is 44.3 Å². The lowest BCUT2D eigenvalue weighted by Crippen LogP contribution is -2.10. The number of carbonyl (C=O) groups is 1. The molecule has 1 heterocycles. The summed E-state index contributed by atoms with van der Waals surface area (Å²) in [5, 5.41) is 1.16. The zero-order valence-corrected chi connectivity index (χ0v) is 9.08. The van der Waals surface area contributed by atoms with Gasteiger partial charge in [-0.2, -0.15) is 0 Å². The quantitative estimate of drug-likeness (QED) is 0.813. The van der Waals surface area contributed by atoms with Gasteiger partial charge in [-0.15, -0.1) is 0 Å². The second kappa shape index (κ2) is 3.89. The molecule has 0 fully saturated rings. The molecule has 0 saturated carbocycles. The van der Waals surface area contributed by atoms with E-state index in [9.17, 15) is 4.79 Å². The van der Waals surface area contributed by atoms with Gasteiger partial charge in [-0.25, -0.2) is 0 Å². The summed E-state index contributed by atoms with van der Waals surface area (Å²) in [6, 6.07) is 8.06. The van der Waals surface area contributed by atoms with Crippen LogP contribution in [0.2, 0.25) is 0 Å². The fourth-order valence-electron chi connectivity index (χ4n) is 1.70. The van der Waals surface area contributed by atoms with Gasteiger partial charge in [-0.05, 0) is 17.7 Å². The summed E-state index contributed by atoms with van der Waals surface area (Å²) < 4.78 is 0. The summed E-state index contributed by atoms with van der Waals surface area (Å²) in [5.41, 5.74) is 2.22. The third kappa shape index (κ3) is 1.94. The van der Waals surface area contributed by atoms with Gasteiger partial charge in [-0.1, -0.05) is 26.0 Å². The van der Waals surface area contributed by atoms with E-state index in [0.29, 0.717) is 12.2 Å². The van der Waals surface area contributed by atoms with Crippen molar-refractivity contribution in [2.45, 2.75) is 20.3 Å². The maximum Gasteiger partial charge on any atom is 0.139 e. The number of benzene rings is 1. The van der Waals surface area contributed by atoms with E-state index in [0.717, 1.165) is 16.5 Å². The molecule has 2 rings (SSSR count). The molecule has 1 N–H and O–H groups in total. The molecule has 15 heavy (non-hydrogen) atoms. The lowest BCUT2D eigenvalue weighted by molar-refractivity contribution is -0.121. The van der Waals surface area contributed by atoms with Crippen LogP contribution in [0.4, 0.5) is 0 Å². The van der Waals surface area contributed by atoms with Gasteiger partial charge in [0, 0.05) is 29.4 Å². The zero-order chi connectivity index (χ0) is 10.8. The maximum absolute atomic E-state index is 11.7. The Hall–Kier alpha value is -1.57. The molecule has 0 atom stereocenters. The number of aromatic nitrogens is 1. The Labute approximate surface area is 89.3 Å². The summed E-state index contributed by atoms with van der Waals surface area (Å²) in [6.45, 7) is 3.89. The average Bonchev–Trinajstić information content (AvgIpc) is 2.66. The molecule has 0 aliphatic rings. The predicted molar refractivity (Wildman–Crippen MR) is 61.8 cm³/mol. The number of hydrogen-bond donors (Lipinski definition) is 1. The molecule has 0 aliphatic carbocycles. The highest BCUT2D eigenvalue weighted by Gasteiger charge is 2.10. The number of H-pyrrole nitrogens is 1. The molecule has 1 aromatic heterocycles. The van der Waals surface area contributed by atoms with Gasteiger partial charge >= 0.3 is 0 Å². The van der Waals surface area contributed by atoms with E-state index in [4.69, 9.17) is 0 Å². The van der Waals surface area contributed by atoms with Gasteiger partial charge in [0.05, 0.1) is 0 Å². The second-order valence-electron chi connectivity index (χ2n) is 4.15. The summed E-state index contributed by atoms with van der Waals surface area (Å²) in [7, 11) is 0. The first kappa shape index (κ1) is 9.97. The molecule has 0 bridgehead atoms. The largest absolute Gasteiger partial charge is 0.361 e. The third-order valence-electron chi connectivity index (χ3n) is 2.69. The summed E-state index contributed by atoms with van der Waals surface area (Å²) in [6.07, 6.45) is 2.45. The van der Waals surface area contributed by atoms with Crippen molar-refractivity contribution in [1.29, 1.82) is 0 Å². The number of fused-ring (bicyclic) bond motifs is 1. The summed E-state index contributed by atoms with van der Waals surface area (Å²) in [5.74, 6) is 0.405. The highest BCUT2D eigenvalue weighted by molar-refractivity contribution is 5.90. The molecule has 0 unspecified atom stereocenters. The molecule has 78 valence electrons. The number of nitrogens with one attached hydrogen (secondary N) is 1. The number of aromatic amines is 1. The molecular formula is C13H15NO. The van der Waals surface area contributed by atoms with E-state index in [1.54, 1.807) is 0 Å². The van der Waals surface area contributed by atoms with Crippen LogP contribution in [0.15, 0.2) is 30.5 Å². The molecule has 0 spiro atoms. The van der Waals surface area contributed by atoms with Crippen molar-refractivity contribution in [3.8, 4) is 0 Å². The van der Waals surface area contributed by atoms with Crippen LogP contribution in [0, 0.1) is 5.92 Å². The second-order valence-corrected chi connectivity index (χ2v) is 4.15. The van der Waals surface area contributed by atoms with Crippen molar-refractivity contribution >= 4 is 16.7 Å². The minimum Gasteiger partial charge on any atom is -0.361 e. The molecule has 1 aromatic carbocycles.